The van der Waals surface area contributed by atoms with Crippen molar-refractivity contribution in [1.29, 1.82) is 0 Å². The van der Waals surface area contributed by atoms with Gasteiger partial charge < -0.3 is 30.1 Å². The maximum absolute atomic E-state index is 13.2. The molecule has 214 valence electrons. The Labute approximate surface area is 239 Å². The van der Waals surface area contributed by atoms with Crippen LogP contribution in [0.15, 0.2) is 72.8 Å². The summed E-state index contributed by atoms with van der Waals surface area (Å²) in [5.74, 6) is -1.23. The zero-order valence-corrected chi connectivity index (χ0v) is 23.7. The smallest absolute Gasteiger partial charge is 0.335 e. The summed E-state index contributed by atoms with van der Waals surface area (Å²) in [5, 5.41) is 22.5. The second-order valence-corrected chi connectivity index (χ2v) is 9.03. The fourth-order valence-corrected chi connectivity index (χ4v) is 3.90. The molecule has 0 radical (unpaired) electrons. The summed E-state index contributed by atoms with van der Waals surface area (Å²) in [4.78, 5) is 39.5. The van der Waals surface area contributed by atoms with E-state index in [9.17, 15) is 19.5 Å². The number of rotatable bonds is 12. The van der Waals surface area contributed by atoms with Gasteiger partial charge in [0.2, 0.25) is 5.91 Å². The number of aromatic carboxylic acids is 1. The molecular formula is C30H35ClN3O6-. The lowest BCUT2D eigenvalue weighted by molar-refractivity contribution is -0.268. The maximum atomic E-state index is 13.2. The summed E-state index contributed by atoms with van der Waals surface area (Å²) < 4.78 is 5.16. The zero-order valence-electron chi connectivity index (χ0n) is 22.9. The van der Waals surface area contributed by atoms with Crippen molar-refractivity contribution >= 4 is 35.1 Å². The number of ether oxygens (including phenoxy) is 1. The predicted molar refractivity (Wildman–Crippen MR) is 154 cm³/mol. The summed E-state index contributed by atoms with van der Waals surface area (Å²) in [5.41, 5.74) is 0.986. The van der Waals surface area contributed by atoms with Crippen molar-refractivity contribution in [2.24, 2.45) is 0 Å². The van der Waals surface area contributed by atoms with E-state index in [0.717, 1.165) is 19.6 Å². The van der Waals surface area contributed by atoms with Crippen LogP contribution in [-0.2, 0) is 4.79 Å². The summed E-state index contributed by atoms with van der Waals surface area (Å²) in [6, 6.07) is 19.5. The number of hydrogen-bond donors (Lipinski definition) is 2. The zero-order chi connectivity index (χ0) is 29.5. The van der Waals surface area contributed by atoms with Gasteiger partial charge in [-0.25, -0.2) is 4.79 Å². The van der Waals surface area contributed by atoms with Crippen LogP contribution >= 0.6 is 11.6 Å². The lowest BCUT2D eigenvalue weighted by atomic mass is 10.1. The van der Waals surface area contributed by atoms with Crippen LogP contribution in [0.2, 0.25) is 5.02 Å². The van der Waals surface area contributed by atoms with E-state index in [1.54, 1.807) is 54.5 Å². The Morgan fingerprint density at radius 1 is 0.950 bits per heavy atom. The third-order valence-electron chi connectivity index (χ3n) is 6.03. The molecule has 0 aliphatic rings. The SMILES string of the molecule is CCN(CC)CCNC(=O)CCN(C(=O)c1ccc(OC)cc1)c1cccc(Cl)c1.O=C(O)c1ccccc1[O-]. The molecule has 0 atom stereocenters. The molecule has 0 spiro atoms. The average molecular weight is 569 g/mol. The lowest BCUT2D eigenvalue weighted by Gasteiger charge is -2.23. The van der Waals surface area contributed by atoms with Gasteiger partial charge in [-0.05, 0) is 61.6 Å². The number of nitrogens with zero attached hydrogens (tertiary/aromatic N) is 2. The van der Waals surface area contributed by atoms with Gasteiger partial charge in [-0.2, -0.15) is 0 Å². The van der Waals surface area contributed by atoms with E-state index in [4.69, 9.17) is 21.4 Å². The van der Waals surface area contributed by atoms with Crippen LogP contribution in [-0.4, -0.2) is 67.6 Å². The minimum absolute atomic E-state index is 0.0864. The monoisotopic (exact) mass is 568 g/mol. The van der Waals surface area contributed by atoms with Gasteiger partial charge >= 0.3 is 5.97 Å². The number of anilines is 1. The Morgan fingerprint density at radius 3 is 2.17 bits per heavy atom. The molecule has 10 heteroatoms. The molecule has 0 unspecified atom stereocenters. The summed E-state index contributed by atoms with van der Waals surface area (Å²) >= 11 is 6.13. The van der Waals surface area contributed by atoms with Crippen LogP contribution < -0.4 is 20.1 Å². The first kappa shape index (κ1) is 32.1. The first-order valence-corrected chi connectivity index (χ1v) is 13.3. The fraction of sp³-hybridized carbons (Fsp3) is 0.300. The van der Waals surface area contributed by atoms with Gasteiger partial charge in [-0.15, -0.1) is 0 Å². The van der Waals surface area contributed by atoms with Gasteiger partial charge in [0.1, 0.15) is 5.75 Å². The Morgan fingerprint density at radius 2 is 1.62 bits per heavy atom. The average Bonchev–Trinajstić information content (AvgIpc) is 2.96. The van der Waals surface area contributed by atoms with Crippen molar-refractivity contribution in [3.05, 3.63) is 88.9 Å². The van der Waals surface area contributed by atoms with E-state index < -0.39 is 11.7 Å². The van der Waals surface area contributed by atoms with E-state index in [1.165, 1.54) is 24.3 Å². The predicted octanol–water partition coefficient (Wildman–Crippen LogP) is 4.30. The number of para-hydroxylation sites is 1. The second kappa shape index (κ2) is 16.8. The molecule has 3 aromatic rings. The Kier molecular flexibility index (Phi) is 13.5. The minimum Gasteiger partial charge on any atom is -0.872 e. The molecule has 40 heavy (non-hydrogen) atoms. The number of carboxylic acids is 1. The Balaban J connectivity index is 0.000000469. The number of carboxylic acid groups (broad SMARTS) is 1. The number of carbonyl (C=O) groups excluding carboxylic acids is 2. The highest BCUT2D eigenvalue weighted by Gasteiger charge is 2.19. The molecule has 2 N–H and O–H groups in total. The van der Waals surface area contributed by atoms with E-state index in [0.29, 0.717) is 28.6 Å². The van der Waals surface area contributed by atoms with Crippen molar-refractivity contribution in [3.63, 3.8) is 0 Å². The van der Waals surface area contributed by atoms with E-state index in [-0.39, 0.29) is 30.3 Å². The van der Waals surface area contributed by atoms with Crippen molar-refractivity contribution in [1.82, 2.24) is 10.2 Å². The standard InChI is InChI=1S/C23H30ClN3O3.C7H6O3/c1-4-26(5-2)16-14-25-22(28)13-15-27(20-8-6-7-19(24)17-20)23(29)18-9-11-21(30-3)12-10-18;8-6-4-2-1-3-5(6)7(9)10/h6-12,17H,4-5,13-16H2,1-3H3,(H,25,28);1-4,8H,(H,9,10)/p-1. The first-order chi connectivity index (χ1) is 19.2. The largest absolute Gasteiger partial charge is 0.872 e. The van der Waals surface area contributed by atoms with Crippen molar-refractivity contribution in [2.75, 3.05) is 44.7 Å². The summed E-state index contributed by atoms with van der Waals surface area (Å²) in [7, 11) is 1.58. The van der Waals surface area contributed by atoms with E-state index in [1.807, 2.05) is 6.07 Å². The van der Waals surface area contributed by atoms with Crippen molar-refractivity contribution in [2.45, 2.75) is 20.3 Å². The van der Waals surface area contributed by atoms with Gasteiger partial charge in [0.25, 0.3) is 5.91 Å². The highest BCUT2D eigenvalue weighted by molar-refractivity contribution is 6.31. The topological polar surface area (TPSA) is 122 Å². The number of benzene rings is 3. The Bertz CT molecular complexity index is 1250. The number of halogens is 1. The molecule has 0 aliphatic carbocycles. The van der Waals surface area contributed by atoms with Crippen LogP contribution in [0, 0.1) is 0 Å². The number of hydrogen-bond acceptors (Lipinski definition) is 6. The van der Waals surface area contributed by atoms with Crippen LogP contribution in [0.4, 0.5) is 5.69 Å². The quantitative estimate of drug-likeness (QED) is 0.334. The van der Waals surface area contributed by atoms with Crippen LogP contribution in [0.25, 0.3) is 0 Å². The molecule has 9 nitrogen and oxygen atoms in total. The lowest BCUT2D eigenvalue weighted by Crippen LogP contribution is -2.38. The highest BCUT2D eigenvalue weighted by atomic mass is 35.5. The number of nitrogens with one attached hydrogen (secondary N) is 1. The highest BCUT2D eigenvalue weighted by Crippen LogP contribution is 2.23. The third kappa shape index (κ3) is 10.2. The van der Waals surface area contributed by atoms with Crippen molar-refractivity contribution < 1.29 is 29.3 Å². The molecule has 3 rings (SSSR count). The minimum atomic E-state index is -1.18. The molecule has 0 heterocycles. The van der Waals surface area contributed by atoms with Crippen molar-refractivity contribution in [3.8, 4) is 11.5 Å². The summed E-state index contributed by atoms with van der Waals surface area (Å²) in [6.45, 7) is 7.74. The second-order valence-electron chi connectivity index (χ2n) is 8.59. The molecule has 0 bridgehead atoms. The van der Waals surface area contributed by atoms with Gasteiger partial charge in [-0.3, -0.25) is 9.59 Å². The normalized spacial score (nSPS) is 10.3. The molecule has 0 saturated heterocycles. The maximum Gasteiger partial charge on any atom is 0.335 e. The molecular weight excluding hydrogens is 534 g/mol. The number of methoxy groups -OCH3 is 1. The number of likely N-dealkylation sites (N-methyl/N-ethyl adjacent to an activating group) is 1. The Hall–Kier alpha value is -4.08. The van der Waals surface area contributed by atoms with Crippen LogP contribution in [0.3, 0.4) is 0 Å². The molecule has 0 aliphatic heterocycles. The van der Waals surface area contributed by atoms with Gasteiger partial charge in [0.15, 0.2) is 0 Å². The molecule has 0 aromatic heterocycles. The number of amides is 2. The third-order valence-corrected chi connectivity index (χ3v) is 6.26. The van der Waals surface area contributed by atoms with Crippen LogP contribution in [0.5, 0.6) is 11.5 Å². The van der Waals surface area contributed by atoms with E-state index >= 15 is 0 Å². The number of carbonyl (C=O) groups is 3. The van der Waals surface area contributed by atoms with Crippen LogP contribution in [0.1, 0.15) is 41.0 Å². The molecule has 0 saturated carbocycles. The molecule has 0 fully saturated rings. The summed E-state index contributed by atoms with van der Waals surface area (Å²) in [6.07, 6.45) is 0.201. The molecule has 3 aromatic carbocycles. The fourth-order valence-electron chi connectivity index (χ4n) is 3.72. The first-order valence-electron chi connectivity index (χ1n) is 12.9. The van der Waals surface area contributed by atoms with Gasteiger partial charge in [0.05, 0.1) is 12.7 Å². The van der Waals surface area contributed by atoms with E-state index in [2.05, 4.69) is 24.1 Å². The molecule has 2 amide bonds. The van der Waals surface area contributed by atoms with Gasteiger partial charge in [0, 0.05) is 42.3 Å². The van der Waals surface area contributed by atoms with Gasteiger partial charge in [-0.1, -0.05) is 55.5 Å².